The Kier molecular flexibility index (Phi) is 5.15. The van der Waals surface area contributed by atoms with Crippen molar-refractivity contribution >= 4 is 0 Å². The van der Waals surface area contributed by atoms with Gasteiger partial charge >= 0.3 is 0 Å². The van der Waals surface area contributed by atoms with Gasteiger partial charge in [0, 0.05) is 37.3 Å². The van der Waals surface area contributed by atoms with E-state index >= 15 is 0 Å². The van der Waals surface area contributed by atoms with Gasteiger partial charge in [0.15, 0.2) is 0 Å². The minimum Gasteiger partial charge on any atom is -0.396 e. The molecule has 0 saturated carbocycles. The number of hydrogen-bond acceptors (Lipinski definition) is 3. The average Bonchev–Trinajstić information content (AvgIpc) is 2.99. The summed E-state index contributed by atoms with van der Waals surface area (Å²) in [6.07, 6.45) is 6.33. The highest BCUT2D eigenvalue weighted by Gasteiger charge is 2.18. The SMILES string of the molecule is CC(NCC(C)(C)CCO)c1ccc(-n2ccnc2)cc1. The third kappa shape index (κ3) is 4.41. The summed E-state index contributed by atoms with van der Waals surface area (Å²) in [4.78, 5) is 4.06. The van der Waals surface area contributed by atoms with E-state index in [4.69, 9.17) is 5.11 Å². The third-order valence-electron chi connectivity index (χ3n) is 3.87. The van der Waals surface area contributed by atoms with Crippen molar-refractivity contribution in [2.24, 2.45) is 5.41 Å². The Morgan fingerprint density at radius 1 is 1.29 bits per heavy atom. The zero-order chi connectivity index (χ0) is 15.3. The van der Waals surface area contributed by atoms with Crippen LogP contribution >= 0.6 is 0 Å². The number of nitrogens with one attached hydrogen (secondary N) is 1. The number of rotatable bonds is 7. The maximum atomic E-state index is 9.07. The summed E-state index contributed by atoms with van der Waals surface area (Å²) in [6.45, 7) is 7.64. The molecule has 0 aliphatic heterocycles. The lowest BCUT2D eigenvalue weighted by Crippen LogP contribution is -2.32. The minimum atomic E-state index is 0.111. The average molecular weight is 287 g/mol. The fourth-order valence-corrected chi connectivity index (χ4v) is 2.29. The van der Waals surface area contributed by atoms with Crippen LogP contribution in [0.15, 0.2) is 43.0 Å². The van der Waals surface area contributed by atoms with Crippen LogP contribution in [0.3, 0.4) is 0 Å². The quantitative estimate of drug-likeness (QED) is 0.823. The predicted octanol–water partition coefficient (Wildman–Crippen LogP) is 2.93. The van der Waals surface area contributed by atoms with Gasteiger partial charge in [0.25, 0.3) is 0 Å². The van der Waals surface area contributed by atoms with Crippen molar-refractivity contribution in [1.29, 1.82) is 0 Å². The van der Waals surface area contributed by atoms with Gasteiger partial charge in [0.05, 0.1) is 6.33 Å². The molecule has 4 heteroatoms. The number of hydrogen-bond donors (Lipinski definition) is 2. The number of nitrogens with zero attached hydrogens (tertiary/aromatic N) is 2. The Labute approximate surface area is 126 Å². The molecule has 1 aromatic heterocycles. The molecule has 2 aromatic rings. The fraction of sp³-hybridized carbons (Fsp3) is 0.471. The molecule has 0 bridgehead atoms. The molecule has 1 aromatic carbocycles. The molecule has 1 atom stereocenters. The van der Waals surface area contributed by atoms with Crippen molar-refractivity contribution < 1.29 is 5.11 Å². The molecule has 21 heavy (non-hydrogen) atoms. The minimum absolute atomic E-state index is 0.111. The van der Waals surface area contributed by atoms with E-state index in [-0.39, 0.29) is 12.0 Å². The monoisotopic (exact) mass is 287 g/mol. The van der Waals surface area contributed by atoms with E-state index in [1.54, 1.807) is 12.5 Å². The van der Waals surface area contributed by atoms with Crippen molar-refractivity contribution in [3.05, 3.63) is 48.5 Å². The van der Waals surface area contributed by atoms with Crippen LogP contribution in [0.4, 0.5) is 0 Å². The smallest absolute Gasteiger partial charge is 0.0991 e. The van der Waals surface area contributed by atoms with Crippen LogP contribution in [-0.4, -0.2) is 27.8 Å². The summed E-state index contributed by atoms with van der Waals surface area (Å²) in [7, 11) is 0. The zero-order valence-corrected chi connectivity index (χ0v) is 13.1. The highest BCUT2D eigenvalue weighted by atomic mass is 16.3. The van der Waals surface area contributed by atoms with Gasteiger partial charge in [0.1, 0.15) is 0 Å². The van der Waals surface area contributed by atoms with Gasteiger partial charge in [-0.15, -0.1) is 0 Å². The van der Waals surface area contributed by atoms with Crippen molar-refractivity contribution in [2.75, 3.05) is 13.2 Å². The zero-order valence-electron chi connectivity index (χ0n) is 13.1. The Morgan fingerprint density at radius 3 is 2.57 bits per heavy atom. The molecule has 0 spiro atoms. The summed E-state index contributed by atoms with van der Waals surface area (Å²) in [5.41, 5.74) is 2.49. The largest absolute Gasteiger partial charge is 0.396 e. The fourth-order valence-electron chi connectivity index (χ4n) is 2.29. The summed E-state index contributed by atoms with van der Waals surface area (Å²) in [5.74, 6) is 0. The number of aliphatic hydroxyl groups excluding tert-OH is 1. The van der Waals surface area contributed by atoms with Gasteiger partial charge in [-0.1, -0.05) is 26.0 Å². The van der Waals surface area contributed by atoms with Crippen LogP contribution in [0.2, 0.25) is 0 Å². The second kappa shape index (κ2) is 6.87. The molecular formula is C17H25N3O. The number of aliphatic hydroxyl groups is 1. The van der Waals surface area contributed by atoms with Gasteiger partial charge in [-0.25, -0.2) is 4.98 Å². The van der Waals surface area contributed by atoms with Gasteiger partial charge in [-0.2, -0.15) is 0 Å². The summed E-state index contributed by atoms with van der Waals surface area (Å²) < 4.78 is 1.99. The first-order valence-corrected chi connectivity index (χ1v) is 7.44. The van der Waals surface area contributed by atoms with Crippen LogP contribution in [0.1, 0.15) is 38.8 Å². The molecule has 1 unspecified atom stereocenters. The lowest BCUT2D eigenvalue weighted by molar-refractivity contribution is 0.204. The third-order valence-corrected chi connectivity index (χ3v) is 3.87. The highest BCUT2D eigenvalue weighted by molar-refractivity contribution is 5.35. The number of imidazole rings is 1. The Hall–Kier alpha value is -1.65. The van der Waals surface area contributed by atoms with Crippen LogP contribution < -0.4 is 5.32 Å². The lowest BCUT2D eigenvalue weighted by Gasteiger charge is -2.26. The topological polar surface area (TPSA) is 50.1 Å². The molecule has 0 aliphatic carbocycles. The van der Waals surface area contributed by atoms with E-state index in [1.807, 2.05) is 10.8 Å². The van der Waals surface area contributed by atoms with Gasteiger partial charge in [-0.05, 0) is 36.5 Å². The first-order chi connectivity index (χ1) is 10.0. The Balaban J connectivity index is 1.95. The lowest BCUT2D eigenvalue weighted by atomic mass is 9.89. The van der Waals surface area contributed by atoms with Crippen molar-refractivity contribution in [3.8, 4) is 5.69 Å². The summed E-state index contributed by atoms with van der Waals surface area (Å²) in [6, 6.07) is 8.79. The molecule has 0 aliphatic rings. The molecular weight excluding hydrogens is 262 g/mol. The molecule has 114 valence electrons. The van der Waals surface area contributed by atoms with E-state index in [9.17, 15) is 0 Å². The van der Waals surface area contributed by atoms with E-state index < -0.39 is 0 Å². The normalized spacial score (nSPS) is 13.3. The van der Waals surface area contributed by atoms with Crippen molar-refractivity contribution in [1.82, 2.24) is 14.9 Å². The molecule has 0 amide bonds. The highest BCUT2D eigenvalue weighted by Crippen LogP contribution is 2.21. The predicted molar refractivity (Wildman–Crippen MR) is 85.5 cm³/mol. The van der Waals surface area contributed by atoms with E-state index in [0.717, 1.165) is 18.7 Å². The standard InChI is InChI=1S/C17H25N3O/c1-14(19-12-17(2,3)8-11-21)15-4-6-16(7-5-15)20-10-9-18-13-20/h4-7,9-10,13-14,19,21H,8,11-12H2,1-3H3. The number of aromatic nitrogens is 2. The molecule has 0 radical (unpaired) electrons. The molecule has 0 fully saturated rings. The summed E-state index contributed by atoms with van der Waals surface area (Å²) >= 11 is 0. The van der Waals surface area contributed by atoms with Crippen LogP contribution in [0.5, 0.6) is 0 Å². The molecule has 4 nitrogen and oxygen atoms in total. The van der Waals surface area contributed by atoms with Crippen LogP contribution in [0, 0.1) is 5.41 Å². The Morgan fingerprint density at radius 2 is 2.00 bits per heavy atom. The molecule has 0 saturated heterocycles. The van der Waals surface area contributed by atoms with Gasteiger partial charge < -0.3 is 15.0 Å². The summed E-state index contributed by atoms with van der Waals surface area (Å²) in [5, 5.41) is 12.6. The first-order valence-electron chi connectivity index (χ1n) is 7.44. The van der Waals surface area contributed by atoms with Crippen LogP contribution in [-0.2, 0) is 0 Å². The van der Waals surface area contributed by atoms with Crippen molar-refractivity contribution in [3.63, 3.8) is 0 Å². The maximum absolute atomic E-state index is 9.07. The van der Waals surface area contributed by atoms with Crippen LogP contribution in [0.25, 0.3) is 5.69 Å². The second-order valence-corrected chi connectivity index (χ2v) is 6.30. The van der Waals surface area contributed by atoms with Gasteiger partial charge in [-0.3, -0.25) is 0 Å². The van der Waals surface area contributed by atoms with E-state index in [2.05, 4.69) is 55.3 Å². The molecule has 2 N–H and O–H groups in total. The van der Waals surface area contributed by atoms with Gasteiger partial charge in [0.2, 0.25) is 0 Å². The first kappa shape index (κ1) is 15.7. The maximum Gasteiger partial charge on any atom is 0.0991 e. The van der Waals surface area contributed by atoms with Crippen molar-refractivity contribution in [2.45, 2.75) is 33.2 Å². The van der Waals surface area contributed by atoms with E-state index in [0.29, 0.717) is 6.04 Å². The Bertz CT molecular complexity index is 532. The molecule has 2 rings (SSSR count). The molecule has 1 heterocycles. The van der Waals surface area contributed by atoms with E-state index in [1.165, 1.54) is 5.56 Å². The second-order valence-electron chi connectivity index (χ2n) is 6.30. The number of benzene rings is 1.